The molecule has 3 heteroatoms. The van der Waals surface area contributed by atoms with Crippen LogP contribution in [-0.2, 0) is 4.79 Å². The first-order chi connectivity index (χ1) is 10.2. The minimum atomic E-state index is 0. The van der Waals surface area contributed by atoms with Crippen molar-refractivity contribution in [1.82, 2.24) is 10.6 Å². The minimum Gasteiger partial charge on any atom is -0.354 e. The number of carbonyl (C=O) groups excluding carboxylic acids is 1. The molecule has 0 heterocycles. The third kappa shape index (κ3) is 4.07. The van der Waals surface area contributed by atoms with Gasteiger partial charge in [-0.25, -0.2) is 0 Å². The van der Waals surface area contributed by atoms with Crippen LogP contribution in [0.2, 0.25) is 0 Å². The third-order valence-corrected chi connectivity index (χ3v) is 4.94. The lowest BCUT2D eigenvalue weighted by molar-refractivity contribution is -0.119. The largest absolute Gasteiger partial charge is 0.354 e. The number of hydrogen-bond acceptors (Lipinski definition) is 2. The van der Waals surface area contributed by atoms with E-state index in [2.05, 4.69) is 41.0 Å². The van der Waals surface area contributed by atoms with E-state index in [1.165, 1.54) is 24.8 Å². The SMILES string of the molecule is CC(=O)NC1CCC(CN[C@@H]2C[C@H]2c2ccccc2)CC1.[HH]. The van der Waals surface area contributed by atoms with Gasteiger partial charge in [-0.3, -0.25) is 4.79 Å². The van der Waals surface area contributed by atoms with Gasteiger partial charge < -0.3 is 10.6 Å². The van der Waals surface area contributed by atoms with Crippen molar-refractivity contribution >= 4 is 5.91 Å². The molecule has 0 bridgehead atoms. The molecule has 2 saturated carbocycles. The molecule has 21 heavy (non-hydrogen) atoms. The first-order valence-electron chi connectivity index (χ1n) is 8.28. The molecule has 2 aliphatic carbocycles. The highest BCUT2D eigenvalue weighted by Crippen LogP contribution is 2.40. The highest BCUT2D eigenvalue weighted by atomic mass is 16.1. The van der Waals surface area contributed by atoms with E-state index in [4.69, 9.17) is 0 Å². The lowest BCUT2D eigenvalue weighted by Crippen LogP contribution is -2.38. The molecule has 1 aromatic rings. The van der Waals surface area contributed by atoms with Crippen molar-refractivity contribution in [2.75, 3.05) is 6.54 Å². The van der Waals surface area contributed by atoms with Crippen molar-refractivity contribution in [2.45, 2.75) is 57.0 Å². The minimum absolute atomic E-state index is 0. The normalized spacial score (nSPS) is 31.7. The summed E-state index contributed by atoms with van der Waals surface area (Å²) in [5.74, 6) is 1.62. The first kappa shape index (κ1) is 14.6. The zero-order valence-corrected chi connectivity index (χ0v) is 12.8. The predicted octanol–water partition coefficient (Wildman–Crippen LogP) is 3.07. The summed E-state index contributed by atoms with van der Waals surface area (Å²) in [6, 6.07) is 11.9. The molecule has 0 aliphatic heterocycles. The van der Waals surface area contributed by atoms with Gasteiger partial charge in [0, 0.05) is 26.4 Å². The van der Waals surface area contributed by atoms with Crippen LogP contribution in [0.1, 0.15) is 51.9 Å². The highest BCUT2D eigenvalue weighted by molar-refractivity contribution is 5.73. The lowest BCUT2D eigenvalue weighted by Gasteiger charge is -2.29. The maximum Gasteiger partial charge on any atom is 0.217 e. The Hall–Kier alpha value is -1.35. The Morgan fingerprint density at radius 2 is 1.90 bits per heavy atom. The quantitative estimate of drug-likeness (QED) is 0.874. The Bertz CT molecular complexity index is 471. The summed E-state index contributed by atoms with van der Waals surface area (Å²) in [7, 11) is 0. The zero-order chi connectivity index (χ0) is 14.7. The Kier molecular flexibility index (Phi) is 4.59. The summed E-state index contributed by atoms with van der Waals surface area (Å²) in [5, 5.41) is 6.79. The van der Waals surface area contributed by atoms with Crippen LogP contribution in [0.15, 0.2) is 30.3 Å². The number of rotatable bonds is 5. The summed E-state index contributed by atoms with van der Waals surface area (Å²) in [6.45, 7) is 2.76. The molecular weight excluding hydrogens is 260 g/mol. The molecule has 0 unspecified atom stereocenters. The Morgan fingerprint density at radius 3 is 2.57 bits per heavy atom. The maximum absolute atomic E-state index is 11.1. The fourth-order valence-electron chi connectivity index (χ4n) is 3.61. The molecule has 116 valence electrons. The van der Waals surface area contributed by atoms with E-state index in [1.807, 2.05) is 0 Å². The van der Waals surface area contributed by atoms with Crippen molar-refractivity contribution in [3.63, 3.8) is 0 Å². The van der Waals surface area contributed by atoms with E-state index in [-0.39, 0.29) is 7.33 Å². The molecule has 1 amide bonds. The van der Waals surface area contributed by atoms with Crippen molar-refractivity contribution in [2.24, 2.45) is 5.92 Å². The van der Waals surface area contributed by atoms with Crippen LogP contribution in [0.4, 0.5) is 0 Å². The van der Waals surface area contributed by atoms with E-state index in [0.29, 0.717) is 12.1 Å². The summed E-state index contributed by atoms with van der Waals surface area (Å²) in [5.41, 5.74) is 1.48. The van der Waals surface area contributed by atoms with Crippen molar-refractivity contribution < 1.29 is 6.22 Å². The molecule has 3 rings (SSSR count). The monoisotopic (exact) mass is 288 g/mol. The predicted molar refractivity (Wildman–Crippen MR) is 87.3 cm³/mol. The van der Waals surface area contributed by atoms with Crippen molar-refractivity contribution in [1.29, 1.82) is 0 Å². The van der Waals surface area contributed by atoms with Gasteiger partial charge in [-0.1, -0.05) is 30.3 Å². The average Bonchev–Trinajstić information content (AvgIpc) is 3.27. The van der Waals surface area contributed by atoms with E-state index >= 15 is 0 Å². The first-order valence-corrected chi connectivity index (χ1v) is 8.28. The fourth-order valence-corrected chi connectivity index (χ4v) is 3.61. The molecule has 2 aliphatic rings. The number of carbonyl (C=O) groups is 1. The van der Waals surface area contributed by atoms with E-state index in [9.17, 15) is 4.79 Å². The van der Waals surface area contributed by atoms with Gasteiger partial charge >= 0.3 is 0 Å². The molecule has 2 fully saturated rings. The molecule has 2 N–H and O–H groups in total. The maximum atomic E-state index is 11.1. The molecule has 0 spiro atoms. The summed E-state index contributed by atoms with van der Waals surface area (Å²) < 4.78 is 0. The molecular formula is C18H28N2O. The van der Waals surface area contributed by atoms with Gasteiger partial charge in [0.2, 0.25) is 5.91 Å². The van der Waals surface area contributed by atoms with Gasteiger partial charge in [-0.05, 0) is 50.1 Å². The Labute approximate surface area is 129 Å². The van der Waals surface area contributed by atoms with Crippen molar-refractivity contribution in [3.05, 3.63) is 35.9 Å². The number of nitrogens with one attached hydrogen (secondary N) is 2. The smallest absolute Gasteiger partial charge is 0.217 e. The van der Waals surface area contributed by atoms with E-state index in [0.717, 1.165) is 31.2 Å². The van der Waals surface area contributed by atoms with Crippen LogP contribution in [-0.4, -0.2) is 24.5 Å². The van der Waals surface area contributed by atoms with Crippen LogP contribution in [0, 0.1) is 5.92 Å². The fraction of sp³-hybridized carbons (Fsp3) is 0.611. The highest BCUT2D eigenvalue weighted by Gasteiger charge is 2.38. The van der Waals surface area contributed by atoms with Gasteiger partial charge in [-0.2, -0.15) is 0 Å². The molecule has 0 radical (unpaired) electrons. The summed E-state index contributed by atoms with van der Waals surface area (Å²) in [6.07, 6.45) is 6.03. The van der Waals surface area contributed by atoms with Gasteiger partial charge in [0.15, 0.2) is 0 Å². The second kappa shape index (κ2) is 6.61. The second-order valence-corrected chi connectivity index (χ2v) is 6.69. The van der Waals surface area contributed by atoms with E-state index < -0.39 is 0 Å². The van der Waals surface area contributed by atoms with Crippen LogP contribution < -0.4 is 10.6 Å². The molecule has 1 aromatic carbocycles. The molecule has 0 aromatic heterocycles. The lowest BCUT2D eigenvalue weighted by atomic mass is 9.86. The number of benzene rings is 1. The van der Waals surface area contributed by atoms with E-state index in [1.54, 1.807) is 6.92 Å². The van der Waals surface area contributed by atoms with Crippen LogP contribution in [0.3, 0.4) is 0 Å². The van der Waals surface area contributed by atoms with Gasteiger partial charge in [0.25, 0.3) is 0 Å². The Balaban J connectivity index is 0.00000176. The van der Waals surface area contributed by atoms with Crippen LogP contribution in [0.5, 0.6) is 0 Å². The number of amides is 1. The molecule has 2 atom stereocenters. The molecule has 0 saturated heterocycles. The van der Waals surface area contributed by atoms with Crippen LogP contribution in [0.25, 0.3) is 0 Å². The zero-order valence-electron chi connectivity index (χ0n) is 12.8. The van der Waals surface area contributed by atoms with Gasteiger partial charge in [0.05, 0.1) is 0 Å². The van der Waals surface area contributed by atoms with Gasteiger partial charge in [-0.15, -0.1) is 0 Å². The molecule has 3 nitrogen and oxygen atoms in total. The topological polar surface area (TPSA) is 41.1 Å². The van der Waals surface area contributed by atoms with Crippen molar-refractivity contribution in [3.8, 4) is 0 Å². The van der Waals surface area contributed by atoms with Gasteiger partial charge in [0.1, 0.15) is 0 Å². The average molecular weight is 288 g/mol. The summed E-state index contributed by atoms with van der Waals surface area (Å²) in [4.78, 5) is 11.1. The summed E-state index contributed by atoms with van der Waals surface area (Å²) >= 11 is 0. The van der Waals surface area contributed by atoms with Crippen LogP contribution >= 0.6 is 0 Å². The second-order valence-electron chi connectivity index (χ2n) is 6.69. The third-order valence-electron chi connectivity index (χ3n) is 4.94. The number of hydrogen-bond donors (Lipinski definition) is 2. The standard InChI is InChI=1S/C18H26N2O.H2/c1-13(21)20-16-9-7-14(8-10-16)12-19-18-11-17(18)15-5-3-2-4-6-15;/h2-6,14,16-19H,7-12H2,1H3,(H,20,21);1H/t14?,16?,17-,18+;/m0./s1. The Morgan fingerprint density at radius 1 is 1.19 bits per heavy atom.